The van der Waals surface area contributed by atoms with Crippen molar-refractivity contribution in [2.24, 2.45) is 0 Å². The van der Waals surface area contributed by atoms with Gasteiger partial charge in [0.2, 0.25) is 0 Å². The standard InChI is InChI=1S/C16H18N4/c1-2-11-3-5-12(6-4-11)9-18-16-8-15-13(7-14(16)17)10-19-20-15/h3-8,10,18H,2,9,17H2,1H3,(H,19,20). The zero-order valence-electron chi connectivity index (χ0n) is 11.5. The predicted octanol–water partition coefficient (Wildman–Crippen LogP) is 3.32. The monoisotopic (exact) mass is 266 g/mol. The van der Waals surface area contributed by atoms with Crippen LogP contribution in [0.15, 0.2) is 42.6 Å². The second-order valence-electron chi connectivity index (χ2n) is 4.92. The van der Waals surface area contributed by atoms with Gasteiger partial charge in [0, 0.05) is 11.9 Å². The predicted molar refractivity (Wildman–Crippen MR) is 83.7 cm³/mol. The van der Waals surface area contributed by atoms with E-state index in [2.05, 4.69) is 46.7 Å². The summed E-state index contributed by atoms with van der Waals surface area (Å²) in [6.07, 6.45) is 2.84. The van der Waals surface area contributed by atoms with Crippen molar-refractivity contribution in [3.05, 3.63) is 53.7 Å². The molecule has 1 aromatic heterocycles. The van der Waals surface area contributed by atoms with Crippen molar-refractivity contribution in [3.63, 3.8) is 0 Å². The van der Waals surface area contributed by atoms with Gasteiger partial charge in [-0.1, -0.05) is 31.2 Å². The maximum Gasteiger partial charge on any atom is 0.0672 e. The molecule has 0 saturated heterocycles. The Bertz CT molecular complexity index is 713. The van der Waals surface area contributed by atoms with Crippen LogP contribution in [0, 0.1) is 0 Å². The highest BCUT2D eigenvalue weighted by atomic mass is 15.1. The van der Waals surface area contributed by atoms with Gasteiger partial charge in [0.1, 0.15) is 0 Å². The Morgan fingerprint density at radius 1 is 1.15 bits per heavy atom. The van der Waals surface area contributed by atoms with Crippen LogP contribution in [0.4, 0.5) is 11.4 Å². The second-order valence-corrected chi connectivity index (χ2v) is 4.92. The number of nitrogens with one attached hydrogen (secondary N) is 2. The Morgan fingerprint density at radius 2 is 1.90 bits per heavy atom. The van der Waals surface area contributed by atoms with Crippen molar-refractivity contribution in [3.8, 4) is 0 Å². The van der Waals surface area contributed by atoms with Gasteiger partial charge in [-0.15, -0.1) is 0 Å². The molecule has 4 N–H and O–H groups in total. The third kappa shape index (κ3) is 2.45. The highest BCUT2D eigenvalue weighted by Crippen LogP contribution is 2.25. The molecule has 0 aliphatic carbocycles. The van der Waals surface area contributed by atoms with Gasteiger partial charge >= 0.3 is 0 Å². The molecule has 0 amide bonds. The van der Waals surface area contributed by atoms with Crippen LogP contribution in [-0.4, -0.2) is 10.2 Å². The number of fused-ring (bicyclic) bond motifs is 1. The van der Waals surface area contributed by atoms with E-state index in [4.69, 9.17) is 5.73 Å². The van der Waals surface area contributed by atoms with E-state index in [0.717, 1.165) is 35.2 Å². The first-order chi connectivity index (χ1) is 9.76. The molecule has 3 aromatic rings. The first kappa shape index (κ1) is 12.5. The van der Waals surface area contributed by atoms with Gasteiger partial charge in [-0.3, -0.25) is 5.10 Å². The highest BCUT2D eigenvalue weighted by molar-refractivity contribution is 5.88. The molecule has 3 rings (SSSR count). The van der Waals surface area contributed by atoms with Gasteiger partial charge in [0.05, 0.1) is 23.1 Å². The summed E-state index contributed by atoms with van der Waals surface area (Å²) in [7, 11) is 0. The van der Waals surface area contributed by atoms with Crippen LogP contribution >= 0.6 is 0 Å². The van der Waals surface area contributed by atoms with E-state index >= 15 is 0 Å². The van der Waals surface area contributed by atoms with Gasteiger partial charge in [-0.2, -0.15) is 5.10 Å². The summed E-state index contributed by atoms with van der Waals surface area (Å²) in [4.78, 5) is 0. The van der Waals surface area contributed by atoms with Gasteiger partial charge in [0.15, 0.2) is 0 Å². The number of H-pyrrole nitrogens is 1. The van der Waals surface area contributed by atoms with Gasteiger partial charge < -0.3 is 11.1 Å². The van der Waals surface area contributed by atoms with Crippen LogP contribution < -0.4 is 11.1 Å². The number of aromatic nitrogens is 2. The average Bonchev–Trinajstić information content (AvgIpc) is 2.92. The summed E-state index contributed by atoms with van der Waals surface area (Å²) in [5.74, 6) is 0. The summed E-state index contributed by atoms with van der Waals surface area (Å²) in [6.45, 7) is 2.92. The first-order valence-corrected chi connectivity index (χ1v) is 6.80. The van der Waals surface area contributed by atoms with E-state index in [9.17, 15) is 0 Å². The molecule has 0 unspecified atom stereocenters. The summed E-state index contributed by atoms with van der Waals surface area (Å²) in [5, 5.41) is 11.4. The Balaban J connectivity index is 1.76. The van der Waals surface area contributed by atoms with Crippen molar-refractivity contribution >= 4 is 22.3 Å². The molecule has 1 heterocycles. The fraction of sp³-hybridized carbons (Fsp3) is 0.188. The molecule has 0 aliphatic heterocycles. The SMILES string of the molecule is CCc1ccc(CNc2cc3[nH]ncc3cc2N)cc1. The van der Waals surface area contributed by atoms with Gasteiger partial charge in [-0.25, -0.2) is 0 Å². The Morgan fingerprint density at radius 3 is 2.65 bits per heavy atom. The lowest BCUT2D eigenvalue weighted by Crippen LogP contribution is -2.02. The fourth-order valence-electron chi connectivity index (χ4n) is 2.25. The molecule has 0 fully saturated rings. The van der Waals surface area contributed by atoms with E-state index < -0.39 is 0 Å². The fourth-order valence-corrected chi connectivity index (χ4v) is 2.25. The van der Waals surface area contributed by atoms with E-state index in [1.165, 1.54) is 11.1 Å². The number of nitrogens with zero attached hydrogens (tertiary/aromatic N) is 1. The summed E-state index contributed by atoms with van der Waals surface area (Å²) < 4.78 is 0. The molecule has 0 saturated carbocycles. The van der Waals surface area contributed by atoms with Gasteiger partial charge in [0.25, 0.3) is 0 Å². The number of aryl methyl sites for hydroxylation is 1. The van der Waals surface area contributed by atoms with Crippen LogP contribution in [0.1, 0.15) is 18.1 Å². The number of rotatable bonds is 4. The lowest BCUT2D eigenvalue weighted by Gasteiger charge is -2.10. The summed E-state index contributed by atoms with van der Waals surface area (Å²) in [6, 6.07) is 12.6. The molecule has 4 nitrogen and oxygen atoms in total. The third-order valence-corrected chi connectivity index (χ3v) is 3.52. The Kier molecular flexibility index (Phi) is 3.29. The highest BCUT2D eigenvalue weighted by Gasteiger charge is 2.03. The van der Waals surface area contributed by atoms with Crippen molar-refractivity contribution in [2.45, 2.75) is 19.9 Å². The molecule has 2 aromatic carbocycles. The molecule has 102 valence electrons. The average molecular weight is 266 g/mol. The minimum absolute atomic E-state index is 0.740. The summed E-state index contributed by atoms with van der Waals surface area (Å²) in [5.41, 5.74) is 11.3. The van der Waals surface area contributed by atoms with Crippen LogP contribution in [0.5, 0.6) is 0 Å². The van der Waals surface area contributed by atoms with Crippen molar-refractivity contribution < 1.29 is 0 Å². The molecular formula is C16H18N4. The van der Waals surface area contributed by atoms with Crippen LogP contribution in [0.3, 0.4) is 0 Å². The molecule has 0 radical (unpaired) electrons. The first-order valence-electron chi connectivity index (χ1n) is 6.80. The van der Waals surface area contributed by atoms with Crippen LogP contribution in [-0.2, 0) is 13.0 Å². The Labute approximate surface area is 118 Å². The lowest BCUT2D eigenvalue weighted by molar-refractivity contribution is 1.10. The van der Waals surface area contributed by atoms with Crippen LogP contribution in [0.2, 0.25) is 0 Å². The van der Waals surface area contributed by atoms with Crippen molar-refractivity contribution in [1.82, 2.24) is 10.2 Å². The topological polar surface area (TPSA) is 66.7 Å². The second kappa shape index (κ2) is 5.25. The zero-order chi connectivity index (χ0) is 13.9. The van der Waals surface area contributed by atoms with Gasteiger partial charge in [-0.05, 0) is 29.7 Å². The van der Waals surface area contributed by atoms with E-state index in [1.54, 1.807) is 6.20 Å². The van der Waals surface area contributed by atoms with E-state index in [-0.39, 0.29) is 0 Å². The smallest absolute Gasteiger partial charge is 0.0672 e. The van der Waals surface area contributed by atoms with Crippen molar-refractivity contribution in [1.29, 1.82) is 0 Å². The minimum Gasteiger partial charge on any atom is -0.397 e. The molecular weight excluding hydrogens is 248 g/mol. The molecule has 0 atom stereocenters. The van der Waals surface area contributed by atoms with Crippen LogP contribution in [0.25, 0.3) is 10.9 Å². The molecule has 4 heteroatoms. The largest absolute Gasteiger partial charge is 0.397 e. The molecule has 0 bridgehead atoms. The lowest BCUT2D eigenvalue weighted by atomic mass is 10.1. The molecule has 0 aliphatic rings. The maximum atomic E-state index is 6.05. The number of nitrogens with two attached hydrogens (primary N) is 1. The number of hydrogen-bond donors (Lipinski definition) is 3. The number of benzene rings is 2. The van der Waals surface area contributed by atoms with E-state index in [0.29, 0.717) is 0 Å². The number of anilines is 2. The van der Waals surface area contributed by atoms with E-state index in [1.807, 2.05) is 12.1 Å². The summed E-state index contributed by atoms with van der Waals surface area (Å²) >= 11 is 0. The Hall–Kier alpha value is -2.49. The number of hydrogen-bond acceptors (Lipinski definition) is 3. The maximum absolute atomic E-state index is 6.05. The zero-order valence-corrected chi connectivity index (χ0v) is 11.5. The third-order valence-electron chi connectivity index (χ3n) is 3.52. The minimum atomic E-state index is 0.740. The normalized spacial score (nSPS) is 10.8. The molecule has 20 heavy (non-hydrogen) atoms. The quantitative estimate of drug-likeness (QED) is 0.635. The van der Waals surface area contributed by atoms with Crippen molar-refractivity contribution in [2.75, 3.05) is 11.1 Å². The number of aromatic amines is 1. The number of nitrogen functional groups attached to an aromatic ring is 1. The molecule has 0 spiro atoms.